The van der Waals surface area contributed by atoms with Crippen molar-refractivity contribution in [3.8, 4) is 0 Å². The minimum Gasteiger partial charge on any atom is -0.460 e. The van der Waals surface area contributed by atoms with Crippen LogP contribution in [-0.4, -0.2) is 27.3 Å². The lowest BCUT2D eigenvalue weighted by Crippen LogP contribution is -2.25. The molecule has 0 aliphatic heterocycles. The van der Waals surface area contributed by atoms with Crippen molar-refractivity contribution in [2.24, 2.45) is 0 Å². The van der Waals surface area contributed by atoms with Gasteiger partial charge in [0.1, 0.15) is 22.0 Å². The average molecular weight is 515 g/mol. The van der Waals surface area contributed by atoms with E-state index < -0.39 is 11.6 Å². The van der Waals surface area contributed by atoms with Crippen molar-refractivity contribution in [1.29, 1.82) is 0 Å². The van der Waals surface area contributed by atoms with Crippen LogP contribution in [0, 0.1) is 0 Å². The summed E-state index contributed by atoms with van der Waals surface area (Å²) in [6, 6.07) is 23.7. The van der Waals surface area contributed by atoms with E-state index in [1.807, 2.05) is 54.6 Å². The lowest BCUT2D eigenvalue weighted by atomic mass is 9.93. The first-order valence-electron chi connectivity index (χ1n) is 11.8. The average Bonchev–Trinajstić information content (AvgIpc) is 3.45. The Bertz CT molecular complexity index is 1420. The van der Waals surface area contributed by atoms with Crippen LogP contribution in [0.25, 0.3) is 20.4 Å². The number of carbonyl (C=O) groups excluding carboxylic acids is 2. The third-order valence-electron chi connectivity index (χ3n) is 5.68. The standard InChI is InChI=1S/C29H26N2O3S2/c1-29(2,3)34-26(33)17-23(32)19-11-5-4-10-18(19)16-20(27-30-21-12-6-8-14-24(21)35-27)28-31-22-13-7-9-15-25(22)36-28/h4-15,20H,16-17H2,1-3H3. The van der Waals surface area contributed by atoms with E-state index in [4.69, 9.17) is 14.7 Å². The van der Waals surface area contributed by atoms with Crippen LogP contribution in [0.5, 0.6) is 0 Å². The minimum absolute atomic E-state index is 0.115. The Morgan fingerprint density at radius 3 is 1.89 bits per heavy atom. The number of fused-ring (bicyclic) bond motifs is 2. The summed E-state index contributed by atoms with van der Waals surface area (Å²) in [7, 11) is 0. The number of Topliss-reactive ketones (excluding diaryl/α,β-unsaturated/α-hetero) is 1. The van der Waals surface area contributed by atoms with Gasteiger partial charge in [0.25, 0.3) is 0 Å². The quantitative estimate of drug-likeness (QED) is 0.131. The highest BCUT2D eigenvalue weighted by Gasteiger charge is 2.26. The van der Waals surface area contributed by atoms with Gasteiger partial charge >= 0.3 is 5.97 Å². The van der Waals surface area contributed by atoms with Crippen LogP contribution in [0.15, 0.2) is 72.8 Å². The Kier molecular flexibility index (Phi) is 6.69. The van der Waals surface area contributed by atoms with E-state index in [-0.39, 0.29) is 18.1 Å². The van der Waals surface area contributed by atoms with Gasteiger partial charge in [-0.15, -0.1) is 22.7 Å². The maximum atomic E-state index is 13.2. The van der Waals surface area contributed by atoms with E-state index >= 15 is 0 Å². The van der Waals surface area contributed by atoms with Gasteiger partial charge in [0.05, 0.1) is 26.4 Å². The fraction of sp³-hybridized carbons (Fsp3) is 0.241. The molecule has 2 aromatic heterocycles. The normalized spacial score (nSPS) is 11.9. The van der Waals surface area contributed by atoms with Crippen LogP contribution in [-0.2, 0) is 16.0 Å². The number of benzene rings is 3. The molecule has 0 aliphatic carbocycles. The zero-order chi connectivity index (χ0) is 25.3. The van der Waals surface area contributed by atoms with Gasteiger partial charge in [-0.1, -0.05) is 48.5 Å². The van der Waals surface area contributed by atoms with E-state index in [0.29, 0.717) is 12.0 Å². The number of aromatic nitrogens is 2. The molecule has 7 heteroatoms. The van der Waals surface area contributed by atoms with E-state index in [1.165, 1.54) is 0 Å². The fourth-order valence-electron chi connectivity index (χ4n) is 4.15. The fourth-order valence-corrected chi connectivity index (χ4v) is 6.37. The van der Waals surface area contributed by atoms with Gasteiger partial charge in [0, 0.05) is 5.56 Å². The molecule has 0 radical (unpaired) electrons. The lowest BCUT2D eigenvalue weighted by molar-refractivity contribution is -0.153. The van der Waals surface area contributed by atoms with Crippen LogP contribution in [0.3, 0.4) is 0 Å². The smallest absolute Gasteiger partial charge is 0.314 e. The number of esters is 1. The molecule has 5 nitrogen and oxygen atoms in total. The second kappa shape index (κ2) is 9.91. The maximum Gasteiger partial charge on any atom is 0.314 e. The predicted octanol–water partition coefficient (Wildman–Crippen LogP) is 7.20. The molecule has 5 aromatic rings. The van der Waals surface area contributed by atoms with Crippen molar-refractivity contribution < 1.29 is 14.3 Å². The molecule has 5 rings (SSSR count). The molecule has 0 aliphatic rings. The Hall–Kier alpha value is -3.42. The predicted molar refractivity (Wildman–Crippen MR) is 146 cm³/mol. The number of rotatable bonds is 7. The van der Waals surface area contributed by atoms with Crippen molar-refractivity contribution in [3.05, 3.63) is 93.9 Å². The van der Waals surface area contributed by atoms with Crippen molar-refractivity contribution in [2.45, 2.75) is 45.1 Å². The number of hydrogen-bond donors (Lipinski definition) is 0. The summed E-state index contributed by atoms with van der Waals surface area (Å²) in [6.45, 7) is 5.39. The summed E-state index contributed by atoms with van der Waals surface area (Å²) >= 11 is 3.31. The number of ketones is 1. The minimum atomic E-state index is -0.637. The van der Waals surface area contributed by atoms with E-state index in [0.717, 1.165) is 36.0 Å². The van der Waals surface area contributed by atoms with Crippen molar-refractivity contribution in [2.75, 3.05) is 0 Å². The number of nitrogens with zero attached hydrogens (tertiary/aromatic N) is 2. The first kappa shape index (κ1) is 24.3. The summed E-state index contributed by atoms with van der Waals surface area (Å²) < 4.78 is 7.62. The molecule has 0 bridgehead atoms. The van der Waals surface area contributed by atoms with E-state index in [2.05, 4.69) is 12.1 Å². The first-order valence-corrected chi connectivity index (χ1v) is 13.4. The van der Waals surface area contributed by atoms with Crippen LogP contribution in [0.4, 0.5) is 0 Å². The summed E-state index contributed by atoms with van der Waals surface area (Å²) in [5, 5.41) is 1.93. The third kappa shape index (κ3) is 5.37. The molecule has 0 N–H and O–H groups in total. The first-order chi connectivity index (χ1) is 17.3. The molecule has 2 heterocycles. The van der Waals surface area contributed by atoms with Crippen molar-refractivity contribution >= 4 is 54.9 Å². The Labute approximate surface area is 217 Å². The van der Waals surface area contributed by atoms with Crippen LogP contribution in [0.1, 0.15) is 59.0 Å². The number of carbonyl (C=O) groups is 2. The lowest BCUT2D eigenvalue weighted by Gasteiger charge is -2.19. The largest absolute Gasteiger partial charge is 0.460 e. The Morgan fingerprint density at radius 2 is 1.33 bits per heavy atom. The molecule has 36 heavy (non-hydrogen) atoms. The molecule has 0 saturated heterocycles. The summed E-state index contributed by atoms with van der Waals surface area (Å²) in [5.41, 5.74) is 2.68. The SMILES string of the molecule is CC(C)(C)OC(=O)CC(=O)c1ccccc1CC(c1nc2ccccc2s1)c1nc2ccccc2s1. The van der Waals surface area contributed by atoms with Crippen LogP contribution < -0.4 is 0 Å². The summed E-state index contributed by atoms with van der Waals surface area (Å²) in [6.07, 6.45) is 0.261. The van der Waals surface area contributed by atoms with Gasteiger partial charge in [-0.05, 0) is 57.0 Å². The highest BCUT2D eigenvalue weighted by atomic mass is 32.1. The van der Waals surface area contributed by atoms with Crippen LogP contribution in [0.2, 0.25) is 0 Å². The summed E-state index contributed by atoms with van der Waals surface area (Å²) in [4.78, 5) is 35.4. The molecule has 0 atom stereocenters. The molecule has 0 amide bonds. The van der Waals surface area contributed by atoms with Gasteiger partial charge in [0.15, 0.2) is 5.78 Å². The van der Waals surface area contributed by atoms with Gasteiger partial charge in [-0.2, -0.15) is 0 Å². The topological polar surface area (TPSA) is 69.2 Å². The highest BCUT2D eigenvalue weighted by molar-refractivity contribution is 7.20. The second-order valence-electron chi connectivity index (χ2n) is 9.64. The second-order valence-corrected chi connectivity index (χ2v) is 11.8. The molecule has 0 saturated carbocycles. The maximum absolute atomic E-state index is 13.2. The van der Waals surface area contributed by atoms with Gasteiger partial charge in [-0.3, -0.25) is 9.59 Å². The van der Waals surface area contributed by atoms with Gasteiger partial charge < -0.3 is 4.74 Å². The Balaban J connectivity index is 1.52. The van der Waals surface area contributed by atoms with Crippen molar-refractivity contribution in [3.63, 3.8) is 0 Å². The Morgan fingerprint density at radius 1 is 0.806 bits per heavy atom. The highest BCUT2D eigenvalue weighted by Crippen LogP contribution is 2.38. The van der Waals surface area contributed by atoms with Gasteiger partial charge in [0.2, 0.25) is 0 Å². The molecule has 0 unspecified atom stereocenters. The molecular formula is C29H26N2O3S2. The van der Waals surface area contributed by atoms with Gasteiger partial charge in [-0.25, -0.2) is 9.97 Å². The zero-order valence-electron chi connectivity index (χ0n) is 20.4. The number of thiazole rings is 2. The van der Waals surface area contributed by atoms with Crippen LogP contribution >= 0.6 is 22.7 Å². The van der Waals surface area contributed by atoms with E-state index in [9.17, 15) is 9.59 Å². The molecule has 3 aromatic carbocycles. The number of ether oxygens (including phenoxy) is 1. The van der Waals surface area contributed by atoms with Crippen molar-refractivity contribution in [1.82, 2.24) is 9.97 Å². The third-order valence-corrected chi connectivity index (χ3v) is 7.98. The molecule has 0 fully saturated rings. The number of hydrogen-bond acceptors (Lipinski definition) is 7. The number of para-hydroxylation sites is 2. The molecular weight excluding hydrogens is 488 g/mol. The summed E-state index contributed by atoms with van der Waals surface area (Å²) in [5.74, 6) is -0.876. The van der Waals surface area contributed by atoms with E-state index in [1.54, 1.807) is 49.5 Å². The zero-order valence-corrected chi connectivity index (χ0v) is 22.0. The molecule has 182 valence electrons. The molecule has 0 spiro atoms. The monoisotopic (exact) mass is 514 g/mol.